The second-order valence-electron chi connectivity index (χ2n) is 0.724. The van der Waals surface area contributed by atoms with Crippen LogP contribution in [0.4, 0.5) is 0 Å². The number of hydrogen-bond acceptors (Lipinski definition) is 4. The zero-order valence-electron chi connectivity index (χ0n) is 3.33. The Kier molecular flexibility index (Phi) is 2.47. The molecule has 0 aliphatic carbocycles. The Labute approximate surface area is 38.8 Å². The average molecular weight is 102 g/mol. The van der Waals surface area contributed by atoms with Crippen molar-refractivity contribution < 1.29 is 9.72 Å². The normalized spacial score (nSPS) is 6.86. The molecule has 0 atom stereocenters. The predicted molar refractivity (Wildman–Crippen MR) is 20.0 cm³/mol. The van der Waals surface area contributed by atoms with Gasteiger partial charge in [0.2, 0.25) is 6.08 Å². The molecule has 0 saturated heterocycles. The van der Waals surface area contributed by atoms with Crippen molar-refractivity contribution >= 4 is 6.08 Å². The van der Waals surface area contributed by atoms with E-state index in [4.69, 9.17) is 4.79 Å². The first-order valence-electron chi connectivity index (χ1n) is 1.43. The first-order chi connectivity index (χ1) is 3.27. The lowest BCUT2D eigenvalue weighted by atomic mass is 11.2. The van der Waals surface area contributed by atoms with Crippen molar-refractivity contribution in [3.05, 3.63) is 10.1 Å². The van der Waals surface area contributed by atoms with Crippen LogP contribution < -0.4 is 0 Å². The predicted octanol–water partition coefficient (Wildman–Crippen LogP) is -0.444. The number of nitrogens with zero attached hydrogens (tertiary/aromatic N) is 2. The van der Waals surface area contributed by atoms with Crippen LogP contribution in [0.5, 0.6) is 0 Å². The molecule has 0 saturated carbocycles. The SMILES string of the molecule is O=C=NC[N+](=O)[O-]. The van der Waals surface area contributed by atoms with Gasteiger partial charge < -0.3 is 0 Å². The molecule has 0 aromatic carbocycles. The van der Waals surface area contributed by atoms with Crippen LogP contribution in [0, 0.1) is 10.1 Å². The lowest BCUT2D eigenvalue weighted by Crippen LogP contribution is -1.95. The summed E-state index contributed by atoms with van der Waals surface area (Å²) in [4.78, 5) is 20.4. The van der Waals surface area contributed by atoms with Crippen molar-refractivity contribution in [2.24, 2.45) is 4.99 Å². The first-order valence-corrected chi connectivity index (χ1v) is 1.43. The lowest BCUT2D eigenvalue weighted by molar-refractivity contribution is -0.477. The molecule has 7 heavy (non-hydrogen) atoms. The van der Waals surface area contributed by atoms with Crippen molar-refractivity contribution in [3.63, 3.8) is 0 Å². The van der Waals surface area contributed by atoms with E-state index in [1.54, 1.807) is 0 Å². The van der Waals surface area contributed by atoms with Crippen molar-refractivity contribution in [2.75, 3.05) is 6.67 Å². The van der Waals surface area contributed by atoms with Crippen LogP contribution >= 0.6 is 0 Å². The Hall–Kier alpha value is -1.22. The van der Waals surface area contributed by atoms with Crippen molar-refractivity contribution in [1.82, 2.24) is 0 Å². The zero-order valence-corrected chi connectivity index (χ0v) is 3.33. The molecule has 0 aromatic heterocycles. The van der Waals surface area contributed by atoms with Crippen LogP contribution in [0.15, 0.2) is 4.99 Å². The third-order valence-corrected chi connectivity index (χ3v) is 0.251. The number of nitro groups is 1. The van der Waals surface area contributed by atoms with Gasteiger partial charge in [0, 0.05) is 4.92 Å². The average Bonchev–Trinajstić information content (AvgIpc) is 1.61. The molecule has 0 fully saturated rings. The molecule has 5 heteroatoms. The molecule has 0 spiro atoms. The van der Waals surface area contributed by atoms with Gasteiger partial charge in [-0.2, -0.15) is 0 Å². The molecule has 0 aliphatic rings. The smallest absolute Gasteiger partial charge is 0.263 e. The third-order valence-electron chi connectivity index (χ3n) is 0.251. The van der Waals surface area contributed by atoms with Gasteiger partial charge in [-0.25, -0.2) is 4.79 Å². The molecule has 0 aliphatic heterocycles. The fourth-order valence-electron chi connectivity index (χ4n) is 0.0866. The Balaban J connectivity index is 3.32. The van der Waals surface area contributed by atoms with E-state index in [1.807, 2.05) is 0 Å². The van der Waals surface area contributed by atoms with Crippen LogP contribution in [0.2, 0.25) is 0 Å². The molecule has 0 amide bonds. The largest absolute Gasteiger partial charge is 0.304 e. The maximum absolute atomic E-state index is 9.29. The molecule has 0 radical (unpaired) electrons. The van der Waals surface area contributed by atoms with Gasteiger partial charge >= 0.3 is 6.67 Å². The molecular weight excluding hydrogens is 100 g/mol. The molecule has 0 unspecified atom stereocenters. The minimum absolute atomic E-state index is 0.677. The summed E-state index contributed by atoms with van der Waals surface area (Å²) in [6, 6.07) is 0. The first kappa shape index (κ1) is 5.78. The van der Waals surface area contributed by atoms with Gasteiger partial charge in [-0.1, -0.05) is 0 Å². The molecule has 0 rings (SSSR count). The topological polar surface area (TPSA) is 72.6 Å². The summed E-state index contributed by atoms with van der Waals surface area (Å²) < 4.78 is 0. The highest BCUT2D eigenvalue weighted by atomic mass is 16.6. The minimum Gasteiger partial charge on any atom is -0.263 e. The van der Waals surface area contributed by atoms with Gasteiger partial charge in [0.15, 0.2) is 0 Å². The fraction of sp³-hybridized carbons (Fsp3) is 0.500. The summed E-state index contributed by atoms with van der Waals surface area (Å²) in [5, 5.41) is 9.29. The maximum atomic E-state index is 9.29. The Morgan fingerprint density at radius 2 is 2.43 bits per heavy atom. The van der Waals surface area contributed by atoms with Crippen LogP contribution in [0.25, 0.3) is 0 Å². The van der Waals surface area contributed by atoms with Crippen LogP contribution in [-0.2, 0) is 4.79 Å². The highest BCUT2D eigenvalue weighted by molar-refractivity contribution is 5.32. The molecule has 5 nitrogen and oxygen atoms in total. The Morgan fingerprint density at radius 1 is 1.86 bits per heavy atom. The number of isocyanates is 1. The van der Waals surface area contributed by atoms with Gasteiger partial charge in [0.05, 0.1) is 0 Å². The number of aliphatic imine (C=N–C) groups is 1. The third kappa shape index (κ3) is 4.78. The Bertz CT molecular complexity index is 114. The number of rotatable bonds is 2. The van der Waals surface area contributed by atoms with E-state index in [-0.39, 0.29) is 0 Å². The van der Waals surface area contributed by atoms with E-state index in [9.17, 15) is 10.1 Å². The highest BCUT2D eigenvalue weighted by Gasteiger charge is 1.85. The summed E-state index contributed by atoms with van der Waals surface area (Å²) in [6.07, 6.45) is 1.03. The summed E-state index contributed by atoms with van der Waals surface area (Å²) in [7, 11) is 0. The number of carbonyl (C=O) groups excluding carboxylic acids is 1. The number of hydrogen-bond donors (Lipinski definition) is 0. The molecule has 0 bridgehead atoms. The van der Waals surface area contributed by atoms with E-state index in [1.165, 1.54) is 0 Å². The molecule has 0 N–H and O–H groups in total. The maximum Gasteiger partial charge on any atom is 0.304 e. The minimum atomic E-state index is -0.717. The summed E-state index contributed by atoms with van der Waals surface area (Å²) >= 11 is 0. The van der Waals surface area contributed by atoms with Gasteiger partial charge in [-0.15, -0.1) is 4.99 Å². The fourth-order valence-corrected chi connectivity index (χ4v) is 0.0866. The summed E-state index contributed by atoms with van der Waals surface area (Å²) in [6.45, 7) is -0.677. The highest BCUT2D eigenvalue weighted by Crippen LogP contribution is 1.64. The molecular formula is C2H2N2O3. The zero-order chi connectivity index (χ0) is 5.70. The second kappa shape index (κ2) is 2.99. The van der Waals surface area contributed by atoms with E-state index in [2.05, 4.69) is 4.99 Å². The van der Waals surface area contributed by atoms with Crippen LogP contribution in [-0.4, -0.2) is 17.7 Å². The van der Waals surface area contributed by atoms with Gasteiger partial charge in [0.1, 0.15) is 0 Å². The molecule has 0 aromatic rings. The van der Waals surface area contributed by atoms with Gasteiger partial charge in [-0.05, 0) is 0 Å². The lowest BCUT2D eigenvalue weighted by Gasteiger charge is -1.74. The van der Waals surface area contributed by atoms with Gasteiger partial charge in [-0.3, -0.25) is 10.1 Å². The van der Waals surface area contributed by atoms with E-state index >= 15 is 0 Å². The van der Waals surface area contributed by atoms with Crippen molar-refractivity contribution in [3.8, 4) is 0 Å². The monoisotopic (exact) mass is 102 g/mol. The standard InChI is InChI=1S/C2H2N2O3/c5-2-3-1-4(6)7/h1H2. The summed E-state index contributed by atoms with van der Waals surface area (Å²) in [5.41, 5.74) is 0. The van der Waals surface area contributed by atoms with E-state index in [0.29, 0.717) is 0 Å². The van der Waals surface area contributed by atoms with Crippen LogP contribution in [0.3, 0.4) is 0 Å². The van der Waals surface area contributed by atoms with E-state index < -0.39 is 11.6 Å². The van der Waals surface area contributed by atoms with Crippen molar-refractivity contribution in [1.29, 1.82) is 0 Å². The molecule has 0 heterocycles. The second-order valence-corrected chi connectivity index (χ2v) is 0.724. The van der Waals surface area contributed by atoms with E-state index in [0.717, 1.165) is 6.08 Å². The summed E-state index contributed by atoms with van der Waals surface area (Å²) in [5.74, 6) is 0. The quantitative estimate of drug-likeness (QED) is 0.205. The van der Waals surface area contributed by atoms with Gasteiger partial charge in [0.25, 0.3) is 0 Å². The van der Waals surface area contributed by atoms with Crippen LogP contribution in [0.1, 0.15) is 0 Å². The Morgan fingerprint density at radius 3 is 2.57 bits per heavy atom. The molecule has 38 valence electrons. The van der Waals surface area contributed by atoms with Crippen molar-refractivity contribution in [2.45, 2.75) is 0 Å².